The van der Waals surface area contributed by atoms with E-state index in [4.69, 9.17) is 9.47 Å². The molecule has 1 N–H and O–H groups in total. The molecule has 1 aliphatic heterocycles. The molecular weight excluding hydrogens is 316 g/mol. The Morgan fingerprint density at radius 3 is 2.64 bits per heavy atom. The van der Waals surface area contributed by atoms with Crippen molar-refractivity contribution in [1.29, 1.82) is 0 Å². The molecule has 1 aromatic rings. The number of methoxy groups -OCH3 is 2. The summed E-state index contributed by atoms with van der Waals surface area (Å²) in [5.41, 5.74) is 1.12. The number of nitrogens with zero attached hydrogens (tertiary/aromatic N) is 1. The molecule has 0 spiro atoms. The zero-order chi connectivity index (χ0) is 17.6. The molecule has 5 nitrogen and oxygen atoms in total. The fourth-order valence-electron chi connectivity index (χ4n) is 4.17. The van der Waals surface area contributed by atoms with Crippen LogP contribution in [-0.2, 0) is 4.79 Å². The van der Waals surface area contributed by atoms with E-state index in [1.54, 1.807) is 14.2 Å². The maximum absolute atomic E-state index is 12.5. The van der Waals surface area contributed by atoms with E-state index in [2.05, 4.69) is 10.2 Å². The second-order valence-electron chi connectivity index (χ2n) is 7.14. The van der Waals surface area contributed by atoms with E-state index in [0.717, 1.165) is 49.3 Å². The van der Waals surface area contributed by atoms with E-state index >= 15 is 0 Å². The van der Waals surface area contributed by atoms with Crippen LogP contribution in [0, 0.1) is 0 Å². The summed E-state index contributed by atoms with van der Waals surface area (Å²) in [6.45, 7) is 1.41. The van der Waals surface area contributed by atoms with Crippen LogP contribution in [0.5, 0.6) is 11.5 Å². The maximum Gasteiger partial charge on any atom is 0.234 e. The van der Waals surface area contributed by atoms with E-state index in [-0.39, 0.29) is 11.9 Å². The average Bonchev–Trinajstić information content (AvgIpc) is 3.09. The van der Waals surface area contributed by atoms with Gasteiger partial charge in [-0.3, -0.25) is 9.69 Å². The summed E-state index contributed by atoms with van der Waals surface area (Å²) in [6.07, 6.45) is 8.16. The van der Waals surface area contributed by atoms with E-state index in [0.29, 0.717) is 12.6 Å². The Bertz CT molecular complexity index is 584. The van der Waals surface area contributed by atoms with Crippen LogP contribution in [0.2, 0.25) is 0 Å². The molecule has 2 fully saturated rings. The number of carbonyl (C=O) groups excluding carboxylic acids is 1. The summed E-state index contributed by atoms with van der Waals surface area (Å²) in [5.74, 6) is 1.85. The molecule has 1 amide bonds. The zero-order valence-corrected chi connectivity index (χ0v) is 15.4. The van der Waals surface area contributed by atoms with Crippen LogP contribution in [-0.4, -0.2) is 44.2 Å². The third-order valence-corrected chi connectivity index (χ3v) is 5.48. The lowest BCUT2D eigenvalue weighted by Crippen LogP contribution is -2.42. The van der Waals surface area contributed by atoms with Gasteiger partial charge in [0.25, 0.3) is 0 Å². The van der Waals surface area contributed by atoms with E-state index < -0.39 is 0 Å². The SMILES string of the molecule is COc1ccc(OC)c([C@@H]2CCCN2CC(=O)NC2CCCCC2)c1. The van der Waals surface area contributed by atoms with Crippen LogP contribution in [0.1, 0.15) is 56.6 Å². The number of likely N-dealkylation sites (tertiary alicyclic amines) is 1. The van der Waals surface area contributed by atoms with Crippen molar-refractivity contribution in [1.82, 2.24) is 10.2 Å². The van der Waals surface area contributed by atoms with Crippen molar-refractivity contribution in [3.63, 3.8) is 0 Å². The van der Waals surface area contributed by atoms with Crippen molar-refractivity contribution in [3.05, 3.63) is 23.8 Å². The van der Waals surface area contributed by atoms with Crippen molar-refractivity contribution >= 4 is 5.91 Å². The lowest BCUT2D eigenvalue weighted by Gasteiger charge is -2.28. The topological polar surface area (TPSA) is 50.8 Å². The van der Waals surface area contributed by atoms with Gasteiger partial charge >= 0.3 is 0 Å². The highest BCUT2D eigenvalue weighted by Gasteiger charge is 2.30. The molecule has 2 aliphatic rings. The van der Waals surface area contributed by atoms with Gasteiger partial charge in [-0.05, 0) is 50.4 Å². The minimum absolute atomic E-state index is 0.153. The first-order valence-electron chi connectivity index (χ1n) is 9.46. The molecule has 0 unspecified atom stereocenters. The molecule has 25 heavy (non-hydrogen) atoms. The van der Waals surface area contributed by atoms with E-state index in [9.17, 15) is 4.79 Å². The quantitative estimate of drug-likeness (QED) is 0.859. The van der Waals surface area contributed by atoms with Gasteiger partial charge in [0.05, 0.1) is 20.8 Å². The average molecular weight is 346 g/mol. The predicted molar refractivity (Wildman–Crippen MR) is 98.1 cm³/mol. The fraction of sp³-hybridized carbons (Fsp3) is 0.650. The summed E-state index contributed by atoms with van der Waals surface area (Å²) in [7, 11) is 3.37. The highest BCUT2D eigenvalue weighted by molar-refractivity contribution is 5.78. The Morgan fingerprint density at radius 1 is 1.12 bits per heavy atom. The Kier molecular flexibility index (Phi) is 6.19. The third kappa shape index (κ3) is 4.46. The summed E-state index contributed by atoms with van der Waals surface area (Å²) in [5, 5.41) is 3.23. The largest absolute Gasteiger partial charge is 0.497 e. The Morgan fingerprint density at radius 2 is 1.92 bits per heavy atom. The second-order valence-corrected chi connectivity index (χ2v) is 7.14. The Balaban J connectivity index is 1.67. The number of carbonyl (C=O) groups is 1. The summed E-state index contributed by atoms with van der Waals surface area (Å²) in [4.78, 5) is 14.8. The molecule has 1 heterocycles. The van der Waals surface area contributed by atoms with Crippen molar-refractivity contribution in [2.75, 3.05) is 27.3 Å². The first-order chi connectivity index (χ1) is 12.2. The van der Waals surface area contributed by atoms with Crippen molar-refractivity contribution in [3.8, 4) is 11.5 Å². The van der Waals surface area contributed by atoms with Crippen molar-refractivity contribution in [2.45, 2.75) is 57.0 Å². The number of nitrogens with one attached hydrogen (secondary N) is 1. The van der Waals surface area contributed by atoms with E-state index in [1.165, 1.54) is 19.3 Å². The first-order valence-corrected chi connectivity index (χ1v) is 9.46. The molecule has 0 aromatic heterocycles. The van der Waals surface area contributed by atoms with Crippen molar-refractivity contribution < 1.29 is 14.3 Å². The normalized spacial score (nSPS) is 21.9. The summed E-state index contributed by atoms with van der Waals surface area (Å²) < 4.78 is 10.9. The predicted octanol–water partition coefficient (Wildman–Crippen LogP) is 3.29. The number of amides is 1. The van der Waals surface area contributed by atoms with Crippen LogP contribution in [0.25, 0.3) is 0 Å². The van der Waals surface area contributed by atoms with Gasteiger partial charge < -0.3 is 14.8 Å². The molecule has 1 saturated carbocycles. The minimum Gasteiger partial charge on any atom is -0.497 e. The number of benzene rings is 1. The number of hydrogen-bond acceptors (Lipinski definition) is 4. The summed E-state index contributed by atoms with van der Waals surface area (Å²) in [6, 6.07) is 6.49. The molecule has 0 bridgehead atoms. The maximum atomic E-state index is 12.5. The summed E-state index contributed by atoms with van der Waals surface area (Å²) >= 11 is 0. The van der Waals surface area contributed by atoms with Gasteiger partial charge in [0.1, 0.15) is 11.5 Å². The lowest BCUT2D eigenvalue weighted by atomic mass is 9.95. The van der Waals surface area contributed by atoms with Crippen molar-refractivity contribution in [2.24, 2.45) is 0 Å². The molecule has 1 aliphatic carbocycles. The van der Waals surface area contributed by atoms with Gasteiger partial charge in [0.15, 0.2) is 0 Å². The molecule has 5 heteroatoms. The standard InChI is InChI=1S/C20H30N2O3/c1-24-16-10-11-19(25-2)17(13-16)18-9-6-12-22(18)14-20(23)21-15-7-4-3-5-8-15/h10-11,13,15,18H,3-9,12,14H2,1-2H3,(H,21,23)/t18-/m0/s1. The number of ether oxygens (including phenoxy) is 2. The van der Waals surface area contributed by atoms with Gasteiger partial charge in [0, 0.05) is 17.6 Å². The third-order valence-electron chi connectivity index (χ3n) is 5.48. The molecule has 138 valence electrons. The number of rotatable bonds is 6. The first kappa shape index (κ1) is 18.1. The van der Waals surface area contributed by atoms with Crippen LogP contribution >= 0.6 is 0 Å². The highest BCUT2D eigenvalue weighted by atomic mass is 16.5. The molecule has 3 rings (SSSR count). The van der Waals surface area contributed by atoms with E-state index in [1.807, 2.05) is 18.2 Å². The van der Waals surface area contributed by atoms with Crippen LogP contribution in [0.15, 0.2) is 18.2 Å². The lowest BCUT2D eigenvalue weighted by molar-refractivity contribution is -0.123. The molecule has 1 saturated heterocycles. The minimum atomic E-state index is 0.153. The zero-order valence-electron chi connectivity index (χ0n) is 15.4. The smallest absolute Gasteiger partial charge is 0.234 e. The fourth-order valence-corrected chi connectivity index (χ4v) is 4.17. The molecule has 1 aromatic carbocycles. The second kappa shape index (κ2) is 8.56. The van der Waals surface area contributed by atoms with Gasteiger partial charge in [-0.1, -0.05) is 19.3 Å². The van der Waals surface area contributed by atoms with Gasteiger partial charge in [-0.15, -0.1) is 0 Å². The van der Waals surface area contributed by atoms with Gasteiger partial charge in [-0.25, -0.2) is 0 Å². The molecule has 1 atom stereocenters. The monoisotopic (exact) mass is 346 g/mol. The van der Waals surface area contributed by atoms with Crippen LogP contribution in [0.3, 0.4) is 0 Å². The Labute approximate surface area is 150 Å². The highest BCUT2D eigenvalue weighted by Crippen LogP contribution is 2.38. The van der Waals surface area contributed by atoms with Gasteiger partial charge in [0.2, 0.25) is 5.91 Å². The van der Waals surface area contributed by atoms with Crippen LogP contribution < -0.4 is 14.8 Å². The van der Waals surface area contributed by atoms with Crippen LogP contribution in [0.4, 0.5) is 0 Å². The van der Waals surface area contributed by atoms with Gasteiger partial charge in [-0.2, -0.15) is 0 Å². The molecular formula is C20H30N2O3. The molecule has 0 radical (unpaired) electrons. The Hall–Kier alpha value is -1.75. The number of hydrogen-bond donors (Lipinski definition) is 1.